The van der Waals surface area contributed by atoms with E-state index in [0.29, 0.717) is 17.9 Å². The first-order valence-electron chi connectivity index (χ1n) is 5.97. The second-order valence-corrected chi connectivity index (χ2v) is 4.47. The van der Waals surface area contributed by atoms with Crippen LogP contribution in [0.2, 0.25) is 0 Å². The molecule has 1 unspecified atom stereocenters. The average molecular weight is 260 g/mol. The molecule has 1 atom stereocenters. The van der Waals surface area contributed by atoms with E-state index < -0.39 is 12.1 Å². The van der Waals surface area contributed by atoms with Gasteiger partial charge in [0.1, 0.15) is 11.8 Å². The number of imide groups is 2. The molecule has 3 rings (SSSR count). The standard InChI is InChI=1S/C13H12N2O4/c1-19-9-4-2-8(3-5-9)14-12(17)10-6-7-11(16)15(10)13(14)18/h2-5,10H,6-7H2,1H3. The lowest BCUT2D eigenvalue weighted by Gasteiger charge is -2.15. The van der Waals surface area contributed by atoms with Crippen molar-refractivity contribution in [1.29, 1.82) is 0 Å². The number of fused-ring (bicyclic) bond motifs is 1. The maximum absolute atomic E-state index is 12.2. The Morgan fingerprint density at radius 2 is 1.84 bits per heavy atom. The summed E-state index contributed by atoms with van der Waals surface area (Å²) < 4.78 is 5.02. The first-order chi connectivity index (χ1) is 9.13. The predicted octanol–water partition coefficient (Wildman–Crippen LogP) is 1.15. The molecule has 6 heteroatoms. The van der Waals surface area contributed by atoms with E-state index in [-0.39, 0.29) is 18.2 Å². The van der Waals surface area contributed by atoms with Gasteiger partial charge in [0, 0.05) is 6.42 Å². The van der Waals surface area contributed by atoms with Crippen molar-refractivity contribution in [3.63, 3.8) is 0 Å². The molecule has 19 heavy (non-hydrogen) atoms. The number of rotatable bonds is 2. The van der Waals surface area contributed by atoms with Crippen LogP contribution in [0.5, 0.6) is 5.75 Å². The second-order valence-electron chi connectivity index (χ2n) is 4.47. The highest BCUT2D eigenvalue weighted by molar-refractivity contribution is 6.26. The lowest BCUT2D eigenvalue weighted by atomic mass is 10.2. The molecule has 2 heterocycles. The summed E-state index contributed by atoms with van der Waals surface area (Å²) in [6, 6.07) is 5.41. The van der Waals surface area contributed by atoms with E-state index in [0.717, 1.165) is 9.80 Å². The van der Waals surface area contributed by atoms with Crippen molar-refractivity contribution in [2.24, 2.45) is 0 Å². The molecule has 6 nitrogen and oxygen atoms in total. The number of carbonyl (C=O) groups is 3. The van der Waals surface area contributed by atoms with E-state index in [1.807, 2.05) is 0 Å². The first kappa shape index (κ1) is 11.7. The van der Waals surface area contributed by atoms with Crippen LogP contribution >= 0.6 is 0 Å². The Morgan fingerprint density at radius 3 is 2.42 bits per heavy atom. The van der Waals surface area contributed by atoms with Crippen LogP contribution in [0.1, 0.15) is 12.8 Å². The quantitative estimate of drug-likeness (QED) is 0.748. The highest BCUT2D eigenvalue weighted by atomic mass is 16.5. The summed E-state index contributed by atoms with van der Waals surface area (Å²) in [7, 11) is 1.54. The van der Waals surface area contributed by atoms with Gasteiger partial charge in [-0.15, -0.1) is 0 Å². The zero-order chi connectivity index (χ0) is 13.6. The third-order valence-corrected chi connectivity index (χ3v) is 3.45. The summed E-state index contributed by atoms with van der Waals surface area (Å²) in [4.78, 5) is 38.0. The Morgan fingerprint density at radius 1 is 1.16 bits per heavy atom. The number of nitrogens with zero attached hydrogens (tertiary/aromatic N) is 2. The van der Waals surface area contributed by atoms with E-state index in [1.165, 1.54) is 7.11 Å². The van der Waals surface area contributed by atoms with E-state index >= 15 is 0 Å². The Kier molecular flexibility index (Phi) is 2.51. The van der Waals surface area contributed by atoms with Gasteiger partial charge >= 0.3 is 6.03 Å². The van der Waals surface area contributed by atoms with Crippen molar-refractivity contribution in [3.8, 4) is 5.75 Å². The van der Waals surface area contributed by atoms with Crippen LogP contribution in [0.15, 0.2) is 24.3 Å². The lowest BCUT2D eigenvalue weighted by Crippen LogP contribution is -2.35. The molecule has 2 fully saturated rings. The number of amides is 4. The van der Waals surface area contributed by atoms with Crippen molar-refractivity contribution in [2.45, 2.75) is 18.9 Å². The summed E-state index contributed by atoms with van der Waals surface area (Å²) in [6.07, 6.45) is 0.675. The molecule has 0 spiro atoms. The van der Waals surface area contributed by atoms with Crippen molar-refractivity contribution in [1.82, 2.24) is 4.90 Å². The third kappa shape index (κ3) is 1.60. The molecule has 1 aromatic carbocycles. The zero-order valence-corrected chi connectivity index (χ0v) is 10.3. The lowest BCUT2D eigenvalue weighted by molar-refractivity contribution is -0.128. The molecule has 2 aliphatic rings. The summed E-state index contributed by atoms with van der Waals surface area (Å²) in [5.74, 6) is 0.0276. The molecule has 4 amide bonds. The van der Waals surface area contributed by atoms with Gasteiger partial charge < -0.3 is 4.74 Å². The molecule has 0 aliphatic carbocycles. The summed E-state index contributed by atoms with van der Waals surface area (Å²) >= 11 is 0. The molecule has 0 radical (unpaired) electrons. The zero-order valence-electron chi connectivity index (χ0n) is 10.3. The van der Waals surface area contributed by atoms with Crippen LogP contribution in [-0.4, -0.2) is 35.9 Å². The fourth-order valence-corrected chi connectivity index (χ4v) is 2.48. The van der Waals surface area contributed by atoms with Crippen LogP contribution in [0, 0.1) is 0 Å². The largest absolute Gasteiger partial charge is 0.497 e. The number of benzene rings is 1. The van der Waals surface area contributed by atoms with Gasteiger partial charge in [0.2, 0.25) is 5.91 Å². The molecule has 0 saturated carbocycles. The van der Waals surface area contributed by atoms with Gasteiger partial charge in [-0.3, -0.25) is 14.5 Å². The minimum absolute atomic E-state index is 0.262. The number of methoxy groups -OCH3 is 1. The number of hydrogen-bond donors (Lipinski definition) is 0. The molecular formula is C13H12N2O4. The minimum atomic E-state index is -0.623. The number of urea groups is 1. The van der Waals surface area contributed by atoms with Gasteiger partial charge in [-0.25, -0.2) is 9.69 Å². The maximum atomic E-state index is 12.2. The fourth-order valence-electron chi connectivity index (χ4n) is 2.48. The molecule has 0 aromatic heterocycles. The van der Waals surface area contributed by atoms with Crippen molar-refractivity contribution in [3.05, 3.63) is 24.3 Å². The van der Waals surface area contributed by atoms with Crippen LogP contribution < -0.4 is 9.64 Å². The normalized spacial score (nSPS) is 22.2. The number of ether oxygens (including phenoxy) is 1. The fraction of sp³-hybridized carbons (Fsp3) is 0.308. The van der Waals surface area contributed by atoms with Gasteiger partial charge in [-0.1, -0.05) is 0 Å². The van der Waals surface area contributed by atoms with Crippen molar-refractivity contribution >= 4 is 23.5 Å². The molecule has 98 valence electrons. The van der Waals surface area contributed by atoms with E-state index in [4.69, 9.17) is 4.74 Å². The average Bonchev–Trinajstić information content (AvgIpc) is 2.91. The predicted molar refractivity (Wildman–Crippen MR) is 65.7 cm³/mol. The molecule has 0 bridgehead atoms. The SMILES string of the molecule is COc1ccc(N2C(=O)C3CCC(=O)N3C2=O)cc1. The Bertz CT molecular complexity index is 567. The van der Waals surface area contributed by atoms with E-state index in [2.05, 4.69) is 0 Å². The van der Waals surface area contributed by atoms with Crippen LogP contribution in [-0.2, 0) is 9.59 Å². The minimum Gasteiger partial charge on any atom is -0.497 e. The van der Waals surface area contributed by atoms with E-state index in [1.54, 1.807) is 24.3 Å². The number of carbonyl (C=O) groups excluding carboxylic acids is 3. The number of anilines is 1. The van der Waals surface area contributed by atoms with E-state index in [9.17, 15) is 14.4 Å². The third-order valence-electron chi connectivity index (χ3n) is 3.45. The highest BCUT2D eigenvalue weighted by Gasteiger charge is 2.52. The Labute approximate surface area is 109 Å². The topological polar surface area (TPSA) is 66.9 Å². The second kappa shape index (κ2) is 4.08. The van der Waals surface area contributed by atoms with Gasteiger partial charge in [-0.05, 0) is 30.7 Å². The summed E-state index contributed by atoms with van der Waals surface area (Å²) in [5.41, 5.74) is 0.456. The van der Waals surface area contributed by atoms with Gasteiger partial charge in [0.05, 0.1) is 12.8 Å². The molecular weight excluding hydrogens is 248 g/mol. The molecule has 0 N–H and O–H groups in total. The maximum Gasteiger partial charge on any atom is 0.338 e. The first-order valence-corrected chi connectivity index (χ1v) is 5.97. The Hall–Kier alpha value is -2.37. The van der Waals surface area contributed by atoms with Crippen molar-refractivity contribution in [2.75, 3.05) is 12.0 Å². The molecule has 2 saturated heterocycles. The monoisotopic (exact) mass is 260 g/mol. The Balaban J connectivity index is 1.95. The molecule has 1 aromatic rings. The van der Waals surface area contributed by atoms with Gasteiger partial charge in [-0.2, -0.15) is 0 Å². The van der Waals surface area contributed by atoms with Crippen LogP contribution in [0.4, 0.5) is 10.5 Å². The smallest absolute Gasteiger partial charge is 0.338 e. The van der Waals surface area contributed by atoms with Gasteiger partial charge in [0.15, 0.2) is 0 Å². The van der Waals surface area contributed by atoms with Crippen LogP contribution in [0.25, 0.3) is 0 Å². The molecule has 2 aliphatic heterocycles. The number of hydrogen-bond acceptors (Lipinski definition) is 4. The highest BCUT2D eigenvalue weighted by Crippen LogP contribution is 2.32. The van der Waals surface area contributed by atoms with Gasteiger partial charge in [0.25, 0.3) is 5.91 Å². The van der Waals surface area contributed by atoms with Crippen LogP contribution in [0.3, 0.4) is 0 Å². The summed E-state index contributed by atoms with van der Waals surface area (Å²) in [6.45, 7) is 0. The summed E-state index contributed by atoms with van der Waals surface area (Å²) in [5, 5.41) is 0. The van der Waals surface area contributed by atoms with Crippen molar-refractivity contribution < 1.29 is 19.1 Å².